The molecule has 0 saturated carbocycles. The van der Waals surface area contributed by atoms with Crippen LogP contribution in [0.1, 0.15) is 23.1 Å². The van der Waals surface area contributed by atoms with Crippen molar-refractivity contribution in [3.05, 3.63) is 47.4 Å². The van der Waals surface area contributed by atoms with Gasteiger partial charge >= 0.3 is 6.18 Å². The van der Waals surface area contributed by atoms with E-state index >= 15 is 0 Å². The first-order valence-electron chi connectivity index (χ1n) is 6.36. The number of H-pyrrole nitrogens is 1. The Balaban J connectivity index is 2.44. The number of aliphatic hydroxyl groups excluding tert-OH is 1. The van der Waals surface area contributed by atoms with E-state index in [1.54, 1.807) is 0 Å². The van der Waals surface area contributed by atoms with Gasteiger partial charge in [-0.25, -0.2) is 17.7 Å². The molecule has 0 radical (unpaired) electrons. The predicted molar refractivity (Wildman–Crippen MR) is 75.0 cm³/mol. The van der Waals surface area contributed by atoms with Crippen molar-refractivity contribution >= 4 is 10.0 Å². The van der Waals surface area contributed by atoms with Crippen molar-refractivity contribution in [3.8, 4) is 0 Å². The number of alkyl halides is 3. The van der Waals surface area contributed by atoms with E-state index in [0.29, 0.717) is 0 Å². The van der Waals surface area contributed by atoms with Crippen molar-refractivity contribution in [2.24, 2.45) is 0 Å². The molecule has 0 saturated heterocycles. The first-order chi connectivity index (χ1) is 10.5. The molecule has 2 aromatic rings. The molecule has 1 aromatic carbocycles. The van der Waals surface area contributed by atoms with E-state index in [2.05, 4.69) is 9.97 Å². The number of imidazole rings is 1. The Kier molecular flexibility index (Phi) is 4.51. The van der Waals surface area contributed by atoms with Gasteiger partial charge in [-0.05, 0) is 6.07 Å². The number of hydrogen-bond donors (Lipinski definition) is 2. The Hall–Kier alpha value is -1.91. The van der Waals surface area contributed by atoms with Crippen LogP contribution in [0.25, 0.3) is 0 Å². The summed E-state index contributed by atoms with van der Waals surface area (Å²) in [7, 11) is -1.23. The third kappa shape index (κ3) is 3.38. The zero-order chi connectivity index (χ0) is 17.4. The first-order valence-corrected chi connectivity index (χ1v) is 7.80. The Morgan fingerprint density at radius 2 is 1.87 bits per heavy atom. The highest BCUT2D eigenvalue weighted by atomic mass is 32.2. The number of nitrogens with zero attached hydrogens (tertiary/aromatic N) is 2. The number of rotatable bonds is 4. The van der Waals surface area contributed by atoms with E-state index in [1.165, 1.54) is 26.2 Å². The largest absolute Gasteiger partial charge is 0.416 e. The molecule has 1 atom stereocenters. The number of aliphatic hydroxyl groups is 1. The van der Waals surface area contributed by atoms with Crippen LogP contribution in [0.5, 0.6) is 0 Å². The predicted octanol–water partition coefficient (Wildman–Crippen LogP) is 1.76. The van der Waals surface area contributed by atoms with E-state index in [9.17, 15) is 26.7 Å². The molecule has 0 spiro atoms. The molecule has 10 heteroatoms. The summed E-state index contributed by atoms with van der Waals surface area (Å²) in [6, 6.07) is 4.48. The number of aromatic nitrogens is 2. The van der Waals surface area contributed by atoms with Gasteiger partial charge in [-0.15, -0.1) is 0 Å². The zero-order valence-corrected chi connectivity index (χ0v) is 13.0. The van der Waals surface area contributed by atoms with E-state index in [4.69, 9.17) is 0 Å². The lowest BCUT2D eigenvalue weighted by molar-refractivity contribution is -0.139. The van der Waals surface area contributed by atoms with Gasteiger partial charge in [0.2, 0.25) is 0 Å². The summed E-state index contributed by atoms with van der Waals surface area (Å²) < 4.78 is 63.7. The maximum atomic E-state index is 13.0. The minimum atomic E-state index is -4.65. The Morgan fingerprint density at radius 1 is 1.26 bits per heavy atom. The van der Waals surface area contributed by atoms with Crippen LogP contribution < -0.4 is 0 Å². The second kappa shape index (κ2) is 5.95. The summed E-state index contributed by atoms with van der Waals surface area (Å²) in [5.41, 5.74) is -1.43. The van der Waals surface area contributed by atoms with E-state index in [1.807, 2.05) is 0 Å². The lowest BCUT2D eigenvalue weighted by atomic mass is 10.0. The molecule has 1 heterocycles. The van der Waals surface area contributed by atoms with Crippen LogP contribution in [-0.2, 0) is 16.2 Å². The third-order valence-electron chi connectivity index (χ3n) is 3.15. The molecule has 0 fully saturated rings. The average molecular weight is 349 g/mol. The quantitative estimate of drug-likeness (QED) is 0.881. The SMILES string of the molecule is CN(C)S(=O)(=O)c1cnc(C(O)c2ccccc2C(F)(F)F)[nH]1. The van der Waals surface area contributed by atoms with Gasteiger partial charge in [0.15, 0.2) is 5.03 Å². The van der Waals surface area contributed by atoms with Crippen LogP contribution in [0.3, 0.4) is 0 Å². The summed E-state index contributed by atoms with van der Waals surface area (Å²) >= 11 is 0. The van der Waals surface area contributed by atoms with Gasteiger partial charge in [0.1, 0.15) is 11.9 Å². The molecule has 0 amide bonds. The number of benzene rings is 1. The highest BCUT2D eigenvalue weighted by Gasteiger charge is 2.35. The van der Waals surface area contributed by atoms with Gasteiger partial charge in [0.25, 0.3) is 10.0 Å². The minimum Gasteiger partial charge on any atom is -0.380 e. The van der Waals surface area contributed by atoms with Gasteiger partial charge in [-0.1, -0.05) is 18.2 Å². The summed E-state index contributed by atoms with van der Waals surface area (Å²) in [6.45, 7) is 0. The van der Waals surface area contributed by atoms with Crippen LogP contribution in [-0.4, -0.2) is 41.9 Å². The maximum absolute atomic E-state index is 13.0. The summed E-state index contributed by atoms with van der Waals surface area (Å²) in [5.74, 6) is -0.290. The Bertz CT molecular complexity index is 800. The van der Waals surface area contributed by atoms with Gasteiger partial charge in [-0.2, -0.15) is 13.2 Å². The standard InChI is InChI=1S/C13H14F3N3O3S/c1-19(2)23(21,22)10-7-17-12(18-10)11(20)8-5-3-4-6-9(8)13(14,15)16/h3-7,11,20H,1-2H3,(H,17,18). The van der Waals surface area contributed by atoms with E-state index in [0.717, 1.165) is 22.6 Å². The zero-order valence-electron chi connectivity index (χ0n) is 12.2. The van der Waals surface area contributed by atoms with Crippen LogP contribution in [0.2, 0.25) is 0 Å². The molecule has 2 N–H and O–H groups in total. The maximum Gasteiger partial charge on any atom is 0.416 e. The van der Waals surface area contributed by atoms with Gasteiger partial charge in [0.05, 0.1) is 11.8 Å². The number of hydrogen-bond acceptors (Lipinski definition) is 4. The van der Waals surface area contributed by atoms with Crippen molar-refractivity contribution in [3.63, 3.8) is 0 Å². The summed E-state index contributed by atoms with van der Waals surface area (Å²) in [4.78, 5) is 6.04. The smallest absolute Gasteiger partial charge is 0.380 e. The number of aromatic amines is 1. The van der Waals surface area contributed by atoms with Crippen LogP contribution >= 0.6 is 0 Å². The van der Waals surface area contributed by atoms with Crippen molar-refractivity contribution in [2.45, 2.75) is 17.3 Å². The molecule has 126 valence electrons. The van der Waals surface area contributed by atoms with Crippen LogP contribution in [0.15, 0.2) is 35.5 Å². The van der Waals surface area contributed by atoms with Gasteiger partial charge in [0, 0.05) is 19.7 Å². The Labute approximate surface area is 130 Å². The molecule has 0 aliphatic rings. The van der Waals surface area contributed by atoms with Crippen molar-refractivity contribution in [2.75, 3.05) is 14.1 Å². The molecular formula is C13H14F3N3O3S. The molecule has 1 unspecified atom stereocenters. The van der Waals surface area contributed by atoms with Crippen molar-refractivity contribution in [1.82, 2.24) is 14.3 Å². The normalized spacial score (nSPS) is 14.2. The lowest BCUT2D eigenvalue weighted by Crippen LogP contribution is -2.22. The van der Waals surface area contributed by atoms with Crippen molar-refractivity contribution < 1.29 is 26.7 Å². The summed E-state index contributed by atoms with van der Waals surface area (Å²) in [6.07, 6.45) is -5.44. The molecule has 23 heavy (non-hydrogen) atoms. The topological polar surface area (TPSA) is 86.3 Å². The molecule has 0 bridgehead atoms. The molecule has 6 nitrogen and oxygen atoms in total. The monoisotopic (exact) mass is 349 g/mol. The third-order valence-corrected chi connectivity index (χ3v) is 4.88. The molecular weight excluding hydrogens is 335 g/mol. The molecule has 2 rings (SSSR count). The minimum absolute atomic E-state index is 0.290. The van der Waals surface area contributed by atoms with E-state index < -0.39 is 33.4 Å². The second-order valence-electron chi connectivity index (χ2n) is 4.91. The second-order valence-corrected chi connectivity index (χ2v) is 7.03. The molecule has 0 aliphatic heterocycles. The first kappa shape index (κ1) is 17.4. The lowest BCUT2D eigenvalue weighted by Gasteiger charge is -2.16. The molecule has 0 aliphatic carbocycles. The highest BCUT2D eigenvalue weighted by Crippen LogP contribution is 2.35. The number of sulfonamides is 1. The van der Waals surface area contributed by atoms with Gasteiger partial charge in [-0.3, -0.25) is 0 Å². The van der Waals surface area contributed by atoms with Crippen molar-refractivity contribution in [1.29, 1.82) is 0 Å². The van der Waals surface area contributed by atoms with Gasteiger partial charge < -0.3 is 10.1 Å². The summed E-state index contributed by atoms with van der Waals surface area (Å²) in [5, 5.41) is 9.83. The average Bonchev–Trinajstić information content (AvgIpc) is 2.96. The van der Waals surface area contributed by atoms with Crippen LogP contribution in [0, 0.1) is 0 Å². The molecule has 1 aromatic heterocycles. The van der Waals surface area contributed by atoms with E-state index in [-0.39, 0.29) is 10.9 Å². The Morgan fingerprint density at radius 3 is 2.43 bits per heavy atom. The fourth-order valence-corrected chi connectivity index (χ4v) is 2.74. The van der Waals surface area contributed by atoms with Crippen LogP contribution in [0.4, 0.5) is 13.2 Å². The highest BCUT2D eigenvalue weighted by molar-refractivity contribution is 7.89. The number of nitrogens with one attached hydrogen (secondary N) is 1. The number of halogens is 3. The fraction of sp³-hybridized carbons (Fsp3) is 0.308. The fourth-order valence-electron chi connectivity index (χ4n) is 1.93.